The van der Waals surface area contributed by atoms with E-state index >= 15 is 0 Å². The average molecular weight is 354 g/mol. The fourth-order valence-electron chi connectivity index (χ4n) is 3.66. The highest BCUT2D eigenvalue weighted by molar-refractivity contribution is 6.62. The number of benzene rings is 1. The van der Waals surface area contributed by atoms with Gasteiger partial charge >= 0.3 is 13.1 Å². The molecule has 1 fully saturated rings. The van der Waals surface area contributed by atoms with Gasteiger partial charge in [-0.1, -0.05) is 42.0 Å². The van der Waals surface area contributed by atoms with Gasteiger partial charge in [-0.15, -0.1) is 0 Å². The van der Waals surface area contributed by atoms with Gasteiger partial charge in [-0.2, -0.15) is 0 Å². The Balaban J connectivity index is 2.05. The molecule has 1 aromatic rings. The third-order valence-corrected chi connectivity index (χ3v) is 6.29. The summed E-state index contributed by atoms with van der Waals surface area (Å²) >= 11 is 0. The summed E-state index contributed by atoms with van der Waals surface area (Å²) in [7, 11) is -0.504. The minimum absolute atomic E-state index is 0.432. The summed E-state index contributed by atoms with van der Waals surface area (Å²) in [5, 5.41) is 10.1. The fraction of sp³-hybridized carbons (Fsp3) is 0.476. The monoisotopic (exact) mass is 354 g/mol. The summed E-state index contributed by atoms with van der Waals surface area (Å²) in [6, 6.07) is 7.64. The van der Waals surface area contributed by atoms with Crippen LogP contribution in [-0.4, -0.2) is 29.4 Å². The van der Waals surface area contributed by atoms with Crippen molar-refractivity contribution >= 4 is 18.6 Å². The first kappa shape index (κ1) is 18.9. The predicted molar refractivity (Wildman–Crippen MR) is 104 cm³/mol. The fourth-order valence-corrected chi connectivity index (χ4v) is 3.66. The van der Waals surface area contributed by atoms with Gasteiger partial charge in [0.05, 0.1) is 11.2 Å². The Labute approximate surface area is 156 Å². The first-order valence-corrected chi connectivity index (χ1v) is 9.05. The Morgan fingerprint density at radius 3 is 2.31 bits per heavy atom. The molecule has 0 bridgehead atoms. The first-order chi connectivity index (χ1) is 12.0. The largest absolute Gasteiger partial charge is 0.494 e. The van der Waals surface area contributed by atoms with E-state index in [-0.39, 0.29) is 0 Å². The predicted octanol–water partition coefficient (Wildman–Crippen LogP) is 3.60. The van der Waals surface area contributed by atoms with E-state index in [2.05, 4.69) is 0 Å². The Bertz CT molecular complexity index is 790. The van der Waals surface area contributed by atoms with Crippen LogP contribution >= 0.6 is 0 Å². The molecular weight excluding hydrogens is 327 g/mol. The van der Waals surface area contributed by atoms with Crippen LogP contribution in [0.1, 0.15) is 53.5 Å². The number of carbonyl (C=O) groups is 1. The molecule has 138 valence electrons. The molecule has 26 heavy (non-hydrogen) atoms. The molecule has 0 saturated carbocycles. The van der Waals surface area contributed by atoms with Gasteiger partial charge in [0, 0.05) is 0 Å². The molecule has 1 heterocycles. The highest BCUT2D eigenvalue weighted by Crippen LogP contribution is 2.41. The smallest absolute Gasteiger partial charge is 0.480 e. The number of hydrogen-bond acceptors (Lipinski definition) is 3. The second kappa shape index (κ2) is 6.10. The molecule has 1 atom stereocenters. The Kier molecular flexibility index (Phi) is 4.44. The van der Waals surface area contributed by atoms with Crippen LogP contribution in [0.3, 0.4) is 0 Å². The number of hydrogen-bond donors (Lipinski definition) is 1. The van der Waals surface area contributed by atoms with Crippen molar-refractivity contribution in [2.75, 3.05) is 0 Å². The van der Waals surface area contributed by atoms with Crippen molar-refractivity contribution in [2.45, 2.75) is 64.6 Å². The van der Waals surface area contributed by atoms with E-state index in [9.17, 15) is 9.90 Å². The van der Waals surface area contributed by atoms with Crippen molar-refractivity contribution < 1.29 is 19.2 Å². The summed E-state index contributed by atoms with van der Waals surface area (Å²) in [4.78, 5) is 12.3. The molecule has 0 aromatic heterocycles. The molecule has 0 radical (unpaired) electrons. The van der Waals surface area contributed by atoms with E-state index in [0.29, 0.717) is 6.42 Å². The van der Waals surface area contributed by atoms with Crippen molar-refractivity contribution in [3.8, 4) is 0 Å². The van der Waals surface area contributed by atoms with Gasteiger partial charge in [0.2, 0.25) is 0 Å². The van der Waals surface area contributed by atoms with Gasteiger partial charge in [-0.05, 0) is 64.6 Å². The number of allylic oxidation sites excluding steroid dienone is 3. The van der Waals surface area contributed by atoms with Crippen molar-refractivity contribution in [2.24, 2.45) is 0 Å². The van der Waals surface area contributed by atoms with Crippen molar-refractivity contribution in [1.82, 2.24) is 0 Å². The molecule has 2 aliphatic rings. The van der Waals surface area contributed by atoms with Crippen molar-refractivity contribution in [1.29, 1.82) is 0 Å². The molecule has 1 saturated heterocycles. The highest BCUT2D eigenvalue weighted by atomic mass is 16.7. The quantitative estimate of drug-likeness (QED) is 0.843. The standard InChI is InChI=1S/C21H27BO4/c1-14-9-8-12-21(15(14)2,18(23)24)16-10-7-11-17(13-16)22-25-19(3,4)20(5,6)26-22/h7-11,13H,12H2,1-6H3,(H,23,24). The zero-order valence-electron chi connectivity index (χ0n) is 16.4. The van der Waals surface area contributed by atoms with Crippen LogP contribution in [0, 0.1) is 0 Å². The molecule has 1 aliphatic heterocycles. The van der Waals surface area contributed by atoms with Crippen LogP contribution in [0.2, 0.25) is 0 Å². The highest BCUT2D eigenvalue weighted by Gasteiger charge is 2.52. The van der Waals surface area contributed by atoms with Crippen LogP contribution in [0.25, 0.3) is 0 Å². The topological polar surface area (TPSA) is 55.8 Å². The second-order valence-corrected chi connectivity index (χ2v) is 8.34. The van der Waals surface area contributed by atoms with Gasteiger partial charge in [0.1, 0.15) is 5.41 Å². The van der Waals surface area contributed by atoms with Crippen molar-refractivity contribution in [3.05, 3.63) is 53.1 Å². The van der Waals surface area contributed by atoms with E-state index in [1.54, 1.807) is 0 Å². The number of carboxylic acid groups (broad SMARTS) is 1. The van der Waals surface area contributed by atoms with Crippen molar-refractivity contribution in [3.63, 3.8) is 0 Å². The molecule has 1 aliphatic carbocycles. The SMILES string of the molecule is CC1=C(C)C(C(=O)O)(c2cccc(B3OC(C)(C)C(C)(C)O3)c2)CC=C1. The number of carboxylic acids is 1. The van der Waals surface area contributed by atoms with Crippen LogP contribution in [0.4, 0.5) is 0 Å². The number of aliphatic carboxylic acids is 1. The maximum absolute atomic E-state index is 12.3. The normalized spacial score (nSPS) is 27.1. The molecule has 3 rings (SSSR count). The summed E-state index contributed by atoms with van der Waals surface area (Å²) in [6.45, 7) is 11.9. The maximum Gasteiger partial charge on any atom is 0.494 e. The Morgan fingerprint density at radius 2 is 1.73 bits per heavy atom. The zero-order valence-corrected chi connectivity index (χ0v) is 16.4. The van der Waals surface area contributed by atoms with Crippen LogP contribution in [0.15, 0.2) is 47.6 Å². The van der Waals surface area contributed by atoms with Gasteiger partial charge in [-0.25, -0.2) is 0 Å². The lowest BCUT2D eigenvalue weighted by Gasteiger charge is -2.34. The second-order valence-electron chi connectivity index (χ2n) is 8.34. The lowest BCUT2D eigenvalue weighted by Crippen LogP contribution is -2.41. The minimum Gasteiger partial charge on any atom is -0.480 e. The van der Waals surface area contributed by atoms with Gasteiger partial charge in [0.15, 0.2) is 0 Å². The molecule has 1 unspecified atom stereocenters. The third-order valence-electron chi connectivity index (χ3n) is 6.29. The molecule has 0 spiro atoms. The van der Waals surface area contributed by atoms with Crippen LogP contribution in [-0.2, 0) is 19.5 Å². The molecule has 5 heteroatoms. The average Bonchev–Trinajstić information content (AvgIpc) is 2.78. The van der Waals surface area contributed by atoms with E-state index in [0.717, 1.165) is 22.2 Å². The van der Waals surface area contributed by atoms with Gasteiger partial charge in [-0.3, -0.25) is 4.79 Å². The zero-order chi connectivity index (χ0) is 19.3. The summed E-state index contributed by atoms with van der Waals surface area (Å²) < 4.78 is 12.3. The lowest BCUT2D eigenvalue weighted by atomic mass is 9.66. The molecule has 1 aromatic carbocycles. The maximum atomic E-state index is 12.3. The molecule has 4 nitrogen and oxygen atoms in total. The summed E-state index contributed by atoms with van der Waals surface area (Å²) in [6.07, 6.45) is 4.38. The van der Waals surface area contributed by atoms with Gasteiger partial charge in [0.25, 0.3) is 0 Å². The third kappa shape index (κ3) is 2.74. The first-order valence-electron chi connectivity index (χ1n) is 9.05. The summed E-state index contributed by atoms with van der Waals surface area (Å²) in [5.74, 6) is -0.829. The van der Waals surface area contributed by atoms with Crippen LogP contribution in [0.5, 0.6) is 0 Å². The molecule has 0 amide bonds. The minimum atomic E-state index is -1.04. The Hall–Kier alpha value is -1.85. The summed E-state index contributed by atoms with van der Waals surface area (Å²) in [5.41, 5.74) is 1.58. The molecular formula is C21H27BO4. The Morgan fingerprint density at radius 1 is 1.12 bits per heavy atom. The van der Waals surface area contributed by atoms with E-state index < -0.39 is 29.7 Å². The van der Waals surface area contributed by atoms with E-state index in [1.807, 2.05) is 78.0 Å². The van der Waals surface area contributed by atoms with E-state index in [4.69, 9.17) is 9.31 Å². The molecule has 1 N–H and O–H groups in total. The van der Waals surface area contributed by atoms with Gasteiger partial charge < -0.3 is 14.4 Å². The number of rotatable bonds is 3. The van der Waals surface area contributed by atoms with Crippen LogP contribution < -0.4 is 5.46 Å². The van der Waals surface area contributed by atoms with E-state index in [1.165, 1.54) is 0 Å². The lowest BCUT2D eigenvalue weighted by molar-refractivity contribution is -0.142.